The number of rotatable bonds is 8. The molecule has 1 unspecified atom stereocenters. The van der Waals surface area contributed by atoms with Gasteiger partial charge in [0.2, 0.25) is 0 Å². The van der Waals surface area contributed by atoms with E-state index in [-0.39, 0.29) is 0 Å². The van der Waals surface area contributed by atoms with Crippen LogP contribution in [-0.4, -0.2) is 20.8 Å². The summed E-state index contributed by atoms with van der Waals surface area (Å²) >= 11 is 0. The third-order valence-electron chi connectivity index (χ3n) is 4.28. The van der Waals surface area contributed by atoms with Gasteiger partial charge < -0.3 is 14.8 Å². The predicted octanol–water partition coefficient (Wildman–Crippen LogP) is 4.28. The third-order valence-corrected chi connectivity index (χ3v) is 4.28. The van der Waals surface area contributed by atoms with E-state index < -0.39 is 0 Å². The van der Waals surface area contributed by atoms with Crippen molar-refractivity contribution < 1.29 is 9.47 Å². The number of hydrogen-bond donors (Lipinski definition) is 1. The Bertz CT molecular complexity index is 421. The third kappa shape index (κ3) is 4.92. The van der Waals surface area contributed by atoms with Crippen LogP contribution >= 0.6 is 0 Å². The lowest BCUT2D eigenvalue weighted by Crippen LogP contribution is -2.31. The number of methoxy groups -OCH3 is 2. The van der Waals surface area contributed by atoms with Crippen LogP contribution in [0.15, 0.2) is 18.2 Å². The van der Waals surface area contributed by atoms with E-state index in [0.29, 0.717) is 23.8 Å². The molecular weight excluding hydrogens is 262 g/mol. The Morgan fingerprint density at radius 3 is 1.95 bits per heavy atom. The van der Waals surface area contributed by atoms with Crippen LogP contribution in [0.1, 0.15) is 46.2 Å². The first kappa shape index (κ1) is 17.8. The maximum atomic E-state index is 5.38. The van der Waals surface area contributed by atoms with Gasteiger partial charge in [-0.05, 0) is 48.9 Å². The van der Waals surface area contributed by atoms with Gasteiger partial charge in [0, 0.05) is 6.04 Å². The normalized spacial score (nSPS) is 13.0. The molecule has 0 amide bonds. The molecule has 0 aliphatic heterocycles. The van der Waals surface area contributed by atoms with Crippen molar-refractivity contribution in [3.63, 3.8) is 0 Å². The summed E-state index contributed by atoms with van der Waals surface area (Å²) < 4.78 is 10.7. The molecular formula is C18H31NO2. The smallest absolute Gasteiger partial charge is 0.161 e. The molecule has 1 aromatic carbocycles. The zero-order valence-corrected chi connectivity index (χ0v) is 14.6. The van der Waals surface area contributed by atoms with E-state index >= 15 is 0 Å². The highest BCUT2D eigenvalue weighted by atomic mass is 16.5. The minimum absolute atomic E-state index is 0.296. The second-order valence-corrected chi connectivity index (χ2v) is 6.40. The minimum Gasteiger partial charge on any atom is -0.493 e. The quantitative estimate of drug-likeness (QED) is 0.776. The molecule has 0 saturated carbocycles. The molecule has 3 nitrogen and oxygen atoms in total. The lowest BCUT2D eigenvalue weighted by atomic mass is 9.85. The van der Waals surface area contributed by atoms with E-state index in [1.165, 1.54) is 5.56 Å². The standard InChI is InChI=1S/C18H31NO2/c1-12(2)16(13(3)4)11-19-14(5)15-8-9-17(20-6)18(10-15)21-7/h8-10,12-14,16,19H,11H2,1-7H3. The summed E-state index contributed by atoms with van der Waals surface area (Å²) in [7, 11) is 3.34. The average molecular weight is 293 g/mol. The molecule has 0 heterocycles. The van der Waals surface area contributed by atoms with Crippen LogP contribution in [0.2, 0.25) is 0 Å². The summed E-state index contributed by atoms with van der Waals surface area (Å²) in [5.41, 5.74) is 1.22. The topological polar surface area (TPSA) is 30.5 Å². The lowest BCUT2D eigenvalue weighted by molar-refractivity contribution is 0.268. The van der Waals surface area contributed by atoms with Crippen molar-refractivity contribution in [2.45, 2.75) is 40.7 Å². The van der Waals surface area contributed by atoms with E-state index in [1.54, 1.807) is 14.2 Å². The molecule has 0 aliphatic carbocycles. The van der Waals surface area contributed by atoms with Gasteiger partial charge in [0.1, 0.15) is 0 Å². The van der Waals surface area contributed by atoms with E-state index in [9.17, 15) is 0 Å². The van der Waals surface area contributed by atoms with Gasteiger partial charge in [0.25, 0.3) is 0 Å². The summed E-state index contributed by atoms with van der Waals surface area (Å²) in [6, 6.07) is 6.41. The summed E-state index contributed by atoms with van der Waals surface area (Å²) in [4.78, 5) is 0. The van der Waals surface area contributed by atoms with Crippen molar-refractivity contribution in [3.8, 4) is 11.5 Å². The van der Waals surface area contributed by atoms with Gasteiger partial charge in [-0.25, -0.2) is 0 Å². The molecule has 1 rings (SSSR count). The van der Waals surface area contributed by atoms with Crippen LogP contribution in [0.4, 0.5) is 0 Å². The summed E-state index contributed by atoms with van der Waals surface area (Å²) in [5, 5.41) is 3.65. The van der Waals surface area contributed by atoms with Crippen molar-refractivity contribution in [3.05, 3.63) is 23.8 Å². The van der Waals surface area contributed by atoms with Crippen molar-refractivity contribution in [1.82, 2.24) is 5.32 Å². The van der Waals surface area contributed by atoms with E-state index in [0.717, 1.165) is 18.0 Å². The average Bonchev–Trinajstić information content (AvgIpc) is 2.45. The molecule has 3 heteroatoms. The van der Waals surface area contributed by atoms with Crippen molar-refractivity contribution in [2.75, 3.05) is 20.8 Å². The van der Waals surface area contributed by atoms with Gasteiger partial charge in [-0.3, -0.25) is 0 Å². The molecule has 120 valence electrons. The van der Waals surface area contributed by atoms with Gasteiger partial charge in [0.15, 0.2) is 11.5 Å². The molecule has 1 atom stereocenters. The van der Waals surface area contributed by atoms with E-state index in [4.69, 9.17) is 9.47 Å². The Balaban J connectivity index is 2.73. The minimum atomic E-state index is 0.296. The Morgan fingerprint density at radius 1 is 0.905 bits per heavy atom. The van der Waals surface area contributed by atoms with Gasteiger partial charge in [0.05, 0.1) is 14.2 Å². The lowest BCUT2D eigenvalue weighted by Gasteiger charge is -2.27. The van der Waals surface area contributed by atoms with Crippen LogP contribution < -0.4 is 14.8 Å². The Hall–Kier alpha value is -1.22. The Morgan fingerprint density at radius 2 is 1.48 bits per heavy atom. The van der Waals surface area contributed by atoms with Crippen LogP contribution in [0.3, 0.4) is 0 Å². The van der Waals surface area contributed by atoms with Gasteiger partial charge in [-0.15, -0.1) is 0 Å². The summed E-state index contributed by atoms with van der Waals surface area (Å²) in [5.74, 6) is 3.63. The van der Waals surface area contributed by atoms with Crippen molar-refractivity contribution in [2.24, 2.45) is 17.8 Å². The van der Waals surface area contributed by atoms with Gasteiger partial charge in [-0.1, -0.05) is 33.8 Å². The van der Waals surface area contributed by atoms with Gasteiger partial charge >= 0.3 is 0 Å². The molecule has 0 aliphatic rings. The molecule has 0 spiro atoms. The Labute approximate surface area is 130 Å². The zero-order chi connectivity index (χ0) is 16.0. The fourth-order valence-corrected chi connectivity index (χ4v) is 2.79. The van der Waals surface area contributed by atoms with Gasteiger partial charge in [-0.2, -0.15) is 0 Å². The van der Waals surface area contributed by atoms with Crippen LogP contribution in [0.25, 0.3) is 0 Å². The monoisotopic (exact) mass is 293 g/mol. The number of nitrogens with one attached hydrogen (secondary N) is 1. The predicted molar refractivity (Wildman–Crippen MR) is 89.1 cm³/mol. The largest absolute Gasteiger partial charge is 0.493 e. The first-order valence-corrected chi connectivity index (χ1v) is 7.86. The maximum absolute atomic E-state index is 5.38. The number of benzene rings is 1. The molecule has 0 aromatic heterocycles. The first-order chi connectivity index (χ1) is 9.90. The van der Waals surface area contributed by atoms with Crippen molar-refractivity contribution in [1.29, 1.82) is 0 Å². The Kier molecular flexibility index (Phi) is 7.03. The van der Waals surface area contributed by atoms with E-state index in [2.05, 4.69) is 52.1 Å². The number of hydrogen-bond acceptors (Lipinski definition) is 3. The van der Waals surface area contributed by atoms with Crippen LogP contribution in [-0.2, 0) is 0 Å². The molecule has 0 saturated heterocycles. The first-order valence-electron chi connectivity index (χ1n) is 7.86. The zero-order valence-electron chi connectivity index (χ0n) is 14.6. The SMILES string of the molecule is COc1ccc(C(C)NCC(C(C)C)C(C)C)cc1OC. The van der Waals surface area contributed by atoms with Crippen LogP contribution in [0.5, 0.6) is 11.5 Å². The molecule has 0 fully saturated rings. The van der Waals surface area contributed by atoms with Crippen LogP contribution in [0, 0.1) is 17.8 Å². The summed E-state index contributed by atoms with van der Waals surface area (Å²) in [6.45, 7) is 12.4. The highest BCUT2D eigenvalue weighted by Gasteiger charge is 2.18. The molecule has 0 bridgehead atoms. The second-order valence-electron chi connectivity index (χ2n) is 6.40. The fraction of sp³-hybridized carbons (Fsp3) is 0.667. The molecule has 21 heavy (non-hydrogen) atoms. The second kappa shape index (κ2) is 8.28. The summed E-state index contributed by atoms with van der Waals surface area (Å²) in [6.07, 6.45) is 0. The molecule has 0 radical (unpaired) electrons. The highest BCUT2D eigenvalue weighted by Crippen LogP contribution is 2.30. The fourth-order valence-electron chi connectivity index (χ4n) is 2.79. The number of ether oxygens (including phenoxy) is 2. The highest BCUT2D eigenvalue weighted by molar-refractivity contribution is 5.43. The van der Waals surface area contributed by atoms with Crippen molar-refractivity contribution >= 4 is 0 Å². The molecule has 1 aromatic rings. The molecule has 1 N–H and O–H groups in total. The van der Waals surface area contributed by atoms with E-state index in [1.807, 2.05) is 6.07 Å². The maximum Gasteiger partial charge on any atom is 0.161 e.